The van der Waals surface area contributed by atoms with Gasteiger partial charge in [0.25, 0.3) is 0 Å². The smallest absolute Gasteiger partial charge is 0.161 e. The molecule has 0 saturated heterocycles. The van der Waals surface area contributed by atoms with Crippen LogP contribution in [0.4, 0.5) is 0 Å². The van der Waals surface area contributed by atoms with E-state index in [1.165, 1.54) is 5.57 Å². The second-order valence-corrected chi connectivity index (χ2v) is 6.31. The molecule has 2 heteroatoms. The van der Waals surface area contributed by atoms with E-state index in [2.05, 4.69) is 32.9 Å². The van der Waals surface area contributed by atoms with Crippen molar-refractivity contribution in [3.63, 3.8) is 0 Å². The molecule has 2 aliphatic carbocycles. The number of carbonyl (C=O) groups excluding carboxylic acids is 1. The lowest BCUT2D eigenvalue weighted by Gasteiger charge is -2.44. The molecule has 2 rings (SSSR count). The Labute approximate surface area is 104 Å². The Hall–Kier alpha value is -0.890. The summed E-state index contributed by atoms with van der Waals surface area (Å²) in [6.45, 7) is 7.26. The SMILES string of the molecule is COCC1=C2C=CC(C)(C)C[C@]2(C)CCC1=O. The number of fused-ring (bicyclic) bond motifs is 1. The molecule has 0 aromatic carbocycles. The number of hydrogen-bond donors (Lipinski definition) is 0. The number of carbonyl (C=O) groups is 1. The highest BCUT2D eigenvalue weighted by Crippen LogP contribution is 2.51. The summed E-state index contributed by atoms with van der Waals surface area (Å²) >= 11 is 0. The van der Waals surface area contributed by atoms with Crippen LogP contribution in [0.2, 0.25) is 0 Å². The zero-order valence-corrected chi connectivity index (χ0v) is 11.3. The fourth-order valence-corrected chi connectivity index (χ4v) is 3.35. The second-order valence-electron chi connectivity index (χ2n) is 6.31. The molecule has 0 fully saturated rings. The molecule has 0 unspecified atom stereocenters. The summed E-state index contributed by atoms with van der Waals surface area (Å²) in [4.78, 5) is 12.0. The molecule has 0 aliphatic heterocycles. The van der Waals surface area contributed by atoms with Crippen molar-refractivity contribution in [2.75, 3.05) is 13.7 Å². The molecule has 0 N–H and O–H groups in total. The molecule has 0 amide bonds. The minimum atomic E-state index is 0.153. The van der Waals surface area contributed by atoms with Crippen molar-refractivity contribution in [2.45, 2.75) is 40.0 Å². The largest absolute Gasteiger partial charge is 0.380 e. The molecule has 0 aromatic rings. The predicted octanol–water partition coefficient (Wildman–Crippen LogP) is 3.28. The average molecular weight is 234 g/mol. The number of methoxy groups -OCH3 is 1. The highest BCUT2D eigenvalue weighted by Gasteiger charge is 2.41. The first-order valence-corrected chi connectivity index (χ1v) is 6.33. The number of ketones is 1. The van der Waals surface area contributed by atoms with Crippen LogP contribution in [-0.2, 0) is 9.53 Å². The first-order chi connectivity index (χ1) is 7.88. The van der Waals surface area contributed by atoms with Gasteiger partial charge in [-0.1, -0.05) is 32.9 Å². The van der Waals surface area contributed by atoms with Crippen molar-refractivity contribution in [2.24, 2.45) is 10.8 Å². The number of hydrogen-bond acceptors (Lipinski definition) is 2. The molecule has 2 nitrogen and oxygen atoms in total. The Balaban J connectivity index is 2.49. The van der Waals surface area contributed by atoms with Gasteiger partial charge in [-0.2, -0.15) is 0 Å². The molecule has 2 aliphatic rings. The van der Waals surface area contributed by atoms with Gasteiger partial charge in [-0.15, -0.1) is 0 Å². The van der Waals surface area contributed by atoms with E-state index in [0.29, 0.717) is 13.0 Å². The van der Waals surface area contributed by atoms with Gasteiger partial charge in [-0.25, -0.2) is 0 Å². The summed E-state index contributed by atoms with van der Waals surface area (Å²) in [6, 6.07) is 0. The maximum Gasteiger partial charge on any atom is 0.161 e. The summed E-state index contributed by atoms with van der Waals surface area (Å²) in [5, 5.41) is 0. The molecule has 1 atom stereocenters. The van der Waals surface area contributed by atoms with Crippen LogP contribution in [0.5, 0.6) is 0 Å². The molecule has 0 heterocycles. The lowest BCUT2D eigenvalue weighted by molar-refractivity contribution is -0.117. The van der Waals surface area contributed by atoms with Gasteiger partial charge in [0, 0.05) is 19.1 Å². The maximum atomic E-state index is 12.0. The first-order valence-electron chi connectivity index (χ1n) is 6.33. The summed E-state index contributed by atoms with van der Waals surface area (Å²) in [5.41, 5.74) is 2.50. The number of rotatable bonds is 2. The van der Waals surface area contributed by atoms with E-state index in [1.54, 1.807) is 7.11 Å². The van der Waals surface area contributed by atoms with Crippen LogP contribution < -0.4 is 0 Å². The van der Waals surface area contributed by atoms with Crippen LogP contribution in [0, 0.1) is 10.8 Å². The van der Waals surface area contributed by atoms with E-state index in [0.717, 1.165) is 18.4 Å². The molecular weight excluding hydrogens is 212 g/mol. The topological polar surface area (TPSA) is 26.3 Å². The van der Waals surface area contributed by atoms with Crippen LogP contribution in [0.25, 0.3) is 0 Å². The van der Waals surface area contributed by atoms with Gasteiger partial charge in [-0.3, -0.25) is 4.79 Å². The lowest BCUT2D eigenvalue weighted by Crippen LogP contribution is -2.35. The molecular formula is C15H22O2. The van der Waals surface area contributed by atoms with E-state index in [9.17, 15) is 4.79 Å². The summed E-state index contributed by atoms with van der Waals surface area (Å²) < 4.78 is 5.19. The van der Waals surface area contributed by atoms with E-state index < -0.39 is 0 Å². The van der Waals surface area contributed by atoms with Gasteiger partial charge in [0.15, 0.2) is 5.78 Å². The molecule has 94 valence electrons. The Kier molecular flexibility index (Phi) is 3.03. The molecule has 0 bridgehead atoms. The summed E-state index contributed by atoms with van der Waals surface area (Å²) in [7, 11) is 1.66. The van der Waals surface area contributed by atoms with Crippen LogP contribution in [0.15, 0.2) is 23.3 Å². The highest BCUT2D eigenvalue weighted by molar-refractivity contribution is 5.98. The maximum absolute atomic E-state index is 12.0. The predicted molar refractivity (Wildman–Crippen MR) is 68.8 cm³/mol. The fraction of sp³-hybridized carbons (Fsp3) is 0.667. The zero-order valence-electron chi connectivity index (χ0n) is 11.3. The van der Waals surface area contributed by atoms with Gasteiger partial charge in [0.1, 0.15) is 0 Å². The highest BCUT2D eigenvalue weighted by atomic mass is 16.5. The first kappa shape index (κ1) is 12.6. The molecule has 0 radical (unpaired) electrons. The van der Waals surface area contributed by atoms with Gasteiger partial charge < -0.3 is 4.74 Å². The van der Waals surface area contributed by atoms with E-state index in [1.807, 2.05) is 0 Å². The van der Waals surface area contributed by atoms with Crippen LogP contribution in [-0.4, -0.2) is 19.5 Å². The van der Waals surface area contributed by atoms with Crippen molar-refractivity contribution < 1.29 is 9.53 Å². The van der Waals surface area contributed by atoms with Gasteiger partial charge >= 0.3 is 0 Å². The van der Waals surface area contributed by atoms with Crippen LogP contribution >= 0.6 is 0 Å². The molecule has 0 spiro atoms. The second kappa shape index (κ2) is 4.09. The molecule has 0 saturated carbocycles. The Morgan fingerprint density at radius 1 is 1.35 bits per heavy atom. The molecule has 0 aromatic heterocycles. The van der Waals surface area contributed by atoms with E-state index >= 15 is 0 Å². The Bertz CT molecular complexity index is 401. The Morgan fingerprint density at radius 3 is 2.71 bits per heavy atom. The van der Waals surface area contributed by atoms with Crippen molar-refractivity contribution >= 4 is 5.78 Å². The number of allylic oxidation sites excluding steroid dienone is 3. The van der Waals surface area contributed by atoms with Gasteiger partial charge in [-0.05, 0) is 29.2 Å². The van der Waals surface area contributed by atoms with Crippen molar-refractivity contribution in [1.82, 2.24) is 0 Å². The van der Waals surface area contributed by atoms with Gasteiger partial charge in [0.2, 0.25) is 0 Å². The number of ether oxygens (including phenoxy) is 1. The third-order valence-corrected chi connectivity index (χ3v) is 4.05. The van der Waals surface area contributed by atoms with Crippen molar-refractivity contribution in [3.8, 4) is 0 Å². The Morgan fingerprint density at radius 2 is 2.06 bits per heavy atom. The molecule has 17 heavy (non-hydrogen) atoms. The average Bonchev–Trinajstić information content (AvgIpc) is 2.21. The fourth-order valence-electron chi connectivity index (χ4n) is 3.35. The van der Waals surface area contributed by atoms with E-state index in [-0.39, 0.29) is 16.6 Å². The van der Waals surface area contributed by atoms with Gasteiger partial charge in [0.05, 0.1) is 6.61 Å². The minimum Gasteiger partial charge on any atom is -0.380 e. The monoisotopic (exact) mass is 234 g/mol. The summed E-state index contributed by atoms with van der Waals surface area (Å²) in [6.07, 6.45) is 7.16. The van der Waals surface area contributed by atoms with Crippen LogP contribution in [0.3, 0.4) is 0 Å². The van der Waals surface area contributed by atoms with Crippen molar-refractivity contribution in [1.29, 1.82) is 0 Å². The lowest BCUT2D eigenvalue weighted by atomic mass is 9.60. The number of Topliss-reactive ketones (excluding diaryl/α,β-unsaturated/α-hetero) is 1. The normalized spacial score (nSPS) is 31.6. The summed E-state index contributed by atoms with van der Waals surface area (Å²) in [5.74, 6) is 0.267. The third-order valence-electron chi connectivity index (χ3n) is 4.05. The zero-order chi connectivity index (χ0) is 12.7. The standard InChI is InChI=1S/C15H22O2/c1-14(2)7-5-12-11(9-17-4)13(16)6-8-15(12,3)10-14/h5,7H,6,8-10H2,1-4H3/t15-/m0/s1. The third kappa shape index (κ3) is 2.23. The quantitative estimate of drug-likeness (QED) is 0.733. The van der Waals surface area contributed by atoms with Crippen LogP contribution in [0.1, 0.15) is 40.0 Å². The van der Waals surface area contributed by atoms with Crippen molar-refractivity contribution in [3.05, 3.63) is 23.3 Å². The van der Waals surface area contributed by atoms with E-state index in [4.69, 9.17) is 4.74 Å². The minimum absolute atomic E-state index is 0.153.